The Labute approximate surface area is 118 Å². The van der Waals surface area contributed by atoms with Crippen molar-refractivity contribution in [2.75, 3.05) is 20.2 Å². The molecule has 4 heteroatoms. The van der Waals surface area contributed by atoms with Crippen LogP contribution in [0.3, 0.4) is 0 Å². The van der Waals surface area contributed by atoms with Gasteiger partial charge in [0.2, 0.25) is 0 Å². The number of rotatable bonds is 1. The molecule has 0 aliphatic carbocycles. The van der Waals surface area contributed by atoms with Crippen LogP contribution < -0.4 is 10.1 Å². The fourth-order valence-corrected chi connectivity index (χ4v) is 2.91. The number of nitrogens with one attached hydrogen (secondary N) is 1. The molecule has 0 aromatic heterocycles. The predicted molar refractivity (Wildman–Crippen MR) is 77.0 cm³/mol. The third kappa shape index (κ3) is 2.10. The van der Waals surface area contributed by atoms with E-state index >= 15 is 0 Å². The first-order valence-electron chi connectivity index (χ1n) is 6.96. The van der Waals surface area contributed by atoms with E-state index in [0.29, 0.717) is 5.56 Å². The zero-order chi connectivity index (χ0) is 14.2. The van der Waals surface area contributed by atoms with E-state index in [9.17, 15) is 4.79 Å². The van der Waals surface area contributed by atoms with E-state index in [0.717, 1.165) is 42.8 Å². The van der Waals surface area contributed by atoms with Crippen LogP contribution in [0.2, 0.25) is 0 Å². The third-order valence-electron chi connectivity index (χ3n) is 4.16. The quantitative estimate of drug-likeness (QED) is 0.798. The molecule has 0 unspecified atom stereocenters. The highest BCUT2D eigenvalue weighted by Crippen LogP contribution is 2.39. The lowest BCUT2D eigenvalue weighted by Gasteiger charge is -2.39. The SMILES string of the molecule is COC(=O)c1ccc2c(c1C)OC1(C=C2)CCNCC1. The Hall–Kier alpha value is -1.81. The third-order valence-corrected chi connectivity index (χ3v) is 4.16. The maximum atomic E-state index is 11.8. The standard InChI is InChI=1S/C16H19NO3/c1-11-13(15(18)19-2)4-3-12-5-6-16(20-14(11)12)7-9-17-10-8-16/h3-6,17H,7-10H2,1-2H3. The van der Waals surface area contributed by atoms with Gasteiger partial charge in [-0.05, 0) is 32.2 Å². The number of carbonyl (C=O) groups excluding carboxylic acids is 1. The van der Waals surface area contributed by atoms with Gasteiger partial charge in [0.25, 0.3) is 0 Å². The molecular weight excluding hydrogens is 254 g/mol. The Kier molecular flexibility index (Phi) is 3.26. The summed E-state index contributed by atoms with van der Waals surface area (Å²) in [5.74, 6) is 0.500. The van der Waals surface area contributed by atoms with Gasteiger partial charge in [0, 0.05) is 24.0 Å². The molecule has 1 saturated heterocycles. The van der Waals surface area contributed by atoms with Gasteiger partial charge in [-0.1, -0.05) is 12.1 Å². The lowest BCUT2D eigenvalue weighted by Crippen LogP contribution is -2.45. The average molecular weight is 273 g/mol. The number of ether oxygens (including phenoxy) is 2. The van der Waals surface area contributed by atoms with E-state index in [1.807, 2.05) is 13.0 Å². The molecule has 3 rings (SSSR count). The molecule has 2 aliphatic heterocycles. The van der Waals surface area contributed by atoms with Gasteiger partial charge in [-0.25, -0.2) is 4.79 Å². The van der Waals surface area contributed by atoms with Gasteiger partial charge in [-0.2, -0.15) is 0 Å². The van der Waals surface area contributed by atoms with Crippen molar-refractivity contribution < 1.29 is 14.3 Å². The molecular formula is C16H19NO3. The topological polar surface area (TPSA) is 47.6 Å². The Morgan fingerprint density at radius 3 is 2.80 bits per heavy atom. The molecule has 1 aromatic carbocycles. The number of fused-ring (bicyclic) bond motifs is 1. The molecule has 1 spiro atoms. The normalized spacial score (nSPS) is 19.3. The van der Waals surface area contributed by atoms with Gasteiger partial charge in [0.15, 0.2) is 0 Å². The van der Waals surface area contributed by atoms with Crippen molar-refractivity contribution >= 4 is 12.0 Å². The summed E-state index contributed by atoms with van der Waals surface area (Å²) < 4.78 is 11.1. The first-order chi connectivity index (χ1) is 9.65. The summed E-state index contributed by atoms with van der Waals surface area (Å²) >= 11 is 0. The highest BCUT2D eigenvalue weighted by Gasteiger charge is 2.35. The molecule has 2 aliphatic rings. The van der Waals surface area contributed by atoms with Crippen molar-refractivity contribution in [3.63, 3.8) is 0 Å². The summed E-state index contributed by atoms with van der Waals surface area (Å²) in [6, 6.07) is 3.72. The molecule has 106 valence electrons. The van der Waals surface area contributed by atoms with E-state index < -0.39 is 0 Å². The minimum Gasteiger partial charge on any atom is -0.482 e. The Morgan fingerprint density at radius 1 is 1.35 bits per heavy atom. The van der Waals surface area contributed by atoms with E-state index in [1.54, 1.807) is 6.07 Å². The van der Waals surface area contributed by atoms with Gasteiger partial charge in [-0.15, -0.1) is 0 Å². The first-order valence-corrected chi connectivity index (χ1v) is 6.96. The monoisotopic (exact) mass is 273 g/mol. The first kappa shape index (κ1) is 13.2. The van der Waals surface area contributed by atoms with E-state index in [-0.39, 0.29) is 11.6 Å². The zero-order valence-electron chi connectivity index (χ0n) is 11.9. The molecule has 1 fully saturated rings. The molecule has 4 nitrogen and oxygen atoms in total. The van der Waals surface area contributed by atoms with E-state index in [1.165, 1.54) is 7.11 Å². The number of hydrogen-bond donors (Lipinski definition) is 1. The van der Waals surface area contributed by atoms with Crippen LogP contribution in [0.4, 0.5) is 0 Å². The molecule has 0 atom stereocenters. The van der Waals surface area contributed by atoms with Crippen molar-refractivity contribution in [1.82, 2.24) is 5.32 Å². The highest BCUT2D eigenvalue weighted by atomic mass is 16.5. The molecule has 1 N–H and O–H groups in total. The number of carbonyl (C=O) groups is 1. The molecule has 0 saturated carbocycles. The maximum Gasteiger partial charge on any atom is 0.338 e. The summed E-state index contributed by atoms with van der Waals surface area (Å²) in [4.78, 5) is 11.8. The van der Waals surface area contributed by atoms with Crippen molar-refractivity contribution in [3.05, 3.63) is 34.9 Å². The molecule has 0 radical (unpaired) electrons. The van der Waals surface area contributed by atoms with Gasteiger partial charge in [-0.3, -0.25) is 0 Å². The van der Waals surface area contributed by atoms with E-state index in [4.69, 9.17) is 9.47 Å². The Bertz CT molecular complexity index is 571. The van der Waals surface area contributed by atoms with Crippen LogP contribution in [0.5, 0.6) is 5.75 Å². The van der Waals surface area contributed by atoms with Gasteiger partial charge in [0.1, 0.15) is 11.4 Å². The smallest absolute Gasteiger partial charge is 0.338 e. The second-order valence-corrected chi connectivity index (χ2v) is 5.40. The number of piperidine rings is 1. The van der Waals surface area contributed by atoms with Crippen molar-refractivity contribution in [2.24, 2.45) is 0 Å². The average Bonchev–Trinajstić information content (AvgIpc) is 2.48. The summed E-state index contributed by atoms with van der Waals surface area (Å²) in [7, 11) is 1.40. The summed E-state index contributed by atoms with van der Waals surface area (Å²) in [6.45, 7) is 3.82. The molecule has 2 heterocycles. The zero-order valence-corrected chi connectivity index (χ0v) is 11.9. The largest absolute Gasteiger partial charge is 0.482 e. The van der Waals surface area contributed by atoms with Gasteiger partial charge >= 0.3 is 5.97 Å². The van der Waals surface area contributed by atoms with Crippen LogP contribution >= 0.6 is 0 Å². The van der Waals surface area contributed by atoms with Crippen LogP contribution in [0, 0.1) is 6.92 Å². The highest BCUT2D eigenvalue weighted by molar-refractivity contribution is 5.92. The van der Waals surface area contributed by atoms with Crippen molar-refractivity contribution in [3.8, 4) is 5.75 Å². The number of benzene rings is 1. The maximum absolute atomic E-state index is 11.8. The van der Waals surface area contributed by atoms with Crippen LogP contribution in [-0.4, -0.2) is 31.8 Å². The Balaban J connectivity index is 2.00. The predicted octanol–water partition coefficient (Wildman–Crippen LogP) is 2.31. The summed E-state index contributed by atoms with van der Waals surface area (Å²) in [5.41, 5.74) is 2.24. The van der Waals surface area contributed by atoms with Gasteiger partial charge in [0.05, 0.1) is 12.7 Å². The fraction of sp³-hybridized carbons (Fsp3) is 0.438. The summed E-state index contributed by atoms with van der Waals surface area (Å²) in [5, 5.41) is 3.35. The molecule has 0 bridgehead atoms. The van der Waals surface area contributed by atoms with Gasteiger partial charge < -0.3 is 14.8 Å². The number of methoxy groups -OCH3 is 1. The minimum absolute atomic E-state index is 0.224. The van der Waals surface area contributed by atoms with Crippen molar-refractivity contribution in [1.29, 1.82) is 0 Å². The van der Waals surface area contributed by atoms with Crippen LogP contribution in [-0.2, 0) is 4.74 Å². The molecule has 20 heavy (non-hydrogen) atoms. The van der Waals surface area contributed by atoms with Crippen LogP contribution in [0.1, 0.15) is 34.3 Å². The van der Waals surface area contributed by atoms with Crippen molar-refractivity contribution in [2.45, 2.75) is 25.4 Å². The van der Waals surface area contributed by atoms with Crippen LogP contribution in [0.15, 0.2) is 18.2 Å². The lowest BCUT2D eigenvalue weighted by molar-refractivity contribution is 0.0593. The minimum atomic E-state index is -0.317. The fourth-order valence-electron chi connectivity index (χ4n) is 2.91. The summed E-state index contributed by atoms with van der Waals surface area (Å²) in [6.07, 6.45) is 6.17. The lowest BCUT2D eigenvalue weighted by atomic mass is 9.88. The molecule has 0 amide bonds. The number of hydrogen-bond acceptors (Lipinski definition) is 4. The number of esters is 1. The molecule has 1 aromatic rings. The van der Waals surface area contributed by atoms with Crippen LogP contribution in [0.25, 0.3) is 6.08 Å². The second kappa shape index (κ2) is 4.94. The van der Waals surface area contributed by atoms with E-state index in [2.05, 4.69) is 17.5 Å². The Morgan fingerprint density at radius 2 is 2.10 bits per heavy atom. The second-order valence-electron chi connectivity index (χ2n) is 5.40.